The van der Waals surface area contributed by atoms with Crippen LogP contribution in [0.3, 0.4) is 0 Å². The predicted octanol–water partition coefficient (Wildman–Crippen LogP) is 5.27. The summed E-state index contributed by atoms with van der Waals surface area (Å²) in [5.41, 5.74) is 1.11. The summed E-state index contributed by atoms with van der Waals surface area (Å²) >= 11 is 17.8. The molecule has 0 spiro atoms. The molecule has 0 amide bonds. The summed E-state index contributed by atoms with van der Waals surface area (Å²) in [5, 5.41) is 0.628. The average molecular weight is 356 g/mol. The topological polar surface area (TPSA) is 35.5 Å². The van der Waals surface area contributed by atoms with Gasteiger partial charge in [0.05, 0.1) is 15.1 Å². The molecule has 1 aliphatic heterocycles. The van der Waals surface area contributed by atoms with Gasteiger partial charge >= 0.3 is 0 Å². The molecule has 0 bridgehead atoms. The van der Waals surface area contributed by atoms with Crippen LogP contribution in [0.4, 0.5) is 0 Å². The number of halogens is 3. The number of rotatable bonds is 3. The van der Waals surface area contributed by atoms with E-state index in [0.29, 0.717) is 22.1 Å². The zero-order valence-electron chi connectivity index (χ0n) is 11.1. The third-order valence-electron chi connectivity index (χ3n) is 3.12. The van der Waals surface area contributed by atoms with E-state index in [1.807, 2.05) is 6.07 Å². The van der Waals surface area contributed by atoms with Crippen LogP contribution < -0.4 is 9.47 Å². The molecule has 0 radical (unpaired) electrons. The Labute approximate surface area is 142 Å². The van der Waals surface area contributed by atoms with E-state index < -0.39 is 0 Å². The van der Waals surface area contributed by atoms with Gasteiger partial charge < -0.3 is 9.47 Å². The van der Waals surface area contributed by atoms with Crippen molar-refractivity contribution >= 4 is 46.7 Å². The maximum absolute atomic E-state index is 12.2. The lowest BCUT2D eigenvalue weighted by molar-refractivity contribution is 0.104. The molecule has 0 N–H and O–H groups in total. The highest BCUT2D eigenvalue weighted by molar-refractivity contribution is 6.49. The Morgan fingerprint density at radius 3 is 2.59 bits per heavy atom. The van der Waals surface area contributed by atoms with E-state index in [1.165, 1.54) is 12.1 Å². The molecule has 0 atom stereocenters. The van der Waals surface area contributed by atoms with Crippen molar-refractivity contribution in [3.8, 4) is 11.5 Å². The van der Waals surface area contributed by atoms with Gasteiger partial charge in [-0.3, -0.25) is 4.79 Å². The predicted molar refractivity (Wildman–Crippen MR) is 87.4 cm³/mol. The fraction of sp³-hybridized carbons (Fsp3) is 0.0625. The number of fused-ring (bicyclic) bond motifs is 1. The zero-order chi connectivity index (χ0) is 15.7. The van der Waals surface area contributed by atoms with Gasteiger partial charge in [-0.15, -0.1) is 0 Å². The van der Waals surface area contributed by atoms with Crippen molar-refractivity contribution in [3.63, 3.8) is 0 Å². The maximum Gasteiger partial charge on any atom is 0.231 e. The fourth-order valence-electron chi connectivity index (χ4n) is 1.99. The molecule has 1 heterocycles. The van der Waals surface area contributed by atoms with Gasteiger partial charge in [-0.2, -0.15) is 0 Å². The molecule has 0 unspecified atom stereocenters. The van der Waals surface area contributed by atoms with E-state index in [9.17, 15) is 4.79 Å². The van der Waals surface area contributed by atoms with Crippen LogP contribution in [0.25, 0.3) is 6.08 Å². The van der Waals surface area contributed by atoms with Gasteiger partial charge in [0.1, 0.15) is 0 Å². The molecular formula is C16H9Cl3O3. The smallest absolute Gasteiger partial charge is 0.231 e. The van der Waals surface area contributed by atoms with E-state index in [4.69, 9.17) is 44.3 Å². The molecule has 22 heavy (non-hydrogen) atoms. The molecular weight excluding hydrogens is 347 g/mol. The number of allylic oxidation sites excluding steroid dienone is 1. The van der Waals surface area contributed by atoms with Gasteiger partial charge in [0.25, 0.3) is 0 Å². The van der Waals surface area contributed by atoms with Crippen molar-refractivity contribution in [1.29, 1.82) is 0 Å². The minimum absolute atomic E-state index is 0.148. The van der Waals surface area contributed by atoms with Crippen LogP contribution in [0.5, 0.6) is 11.5 Å². The quantitative estimate of drug-likeness (QED) is 0.427. The molecule has 0 saturated carbocycles. The summed E-state index contributed by atoms with van der Waals surface area (Å²) in [7, 11) is 0. The Balaban J connectivity index is 1.84. The van der Waals surface area contributed by atoms with Crippen molar-refractivity contribution in [2.45, 2.75) is 0 Å². The summed E-state index contributed by atoms with van der Waals surface area (Å²) in [6.45, 7) is 0.209. The SMILES string of the molecule is O=C(/C=C/c1ccc2c(c1)OCO2)c1ccc(Cl)c(Cl)c1Cl. The Morgan fingerprint density at radius 2 is 1.77 bits per heavy atom. The lowest BCUT2D eigenvalue weighted by atomic mass is 10.1. The van der Waals surface area contributed by atoms with Gasteiger partial charge in [0.15, 0.2) is 17.3 Å². The Kier molecular flexibility index (Phi) is 4.30. The van der Waals surface area contributed by atoms with Gasteiger partial charge in [-0.25, -0.2) is 0 Å². The van der Waals surface area contributed by atoms with E-state index in [1.54, 1.807) is 24.3 Å². The number of hydrogen-bond donors (Lipinski definition) is 0. The first-order chi connectivity index (χ1) is 10.6. The molecule has 112 valence electrons. The molecule has 3 nitrogen and oxygen atoms in total. The van der Waals surface area contributed by atoms with E-state index in [2.05, 4.69) is 0 Å². The largest absolute Gasteiger partial charge is 0.454 e. The highest BCUT2D eigenvalue weighted by Gasteiger charge is 2.14. The Hall–Kier alpha value is -1.68. The third kappa shape index (κ3) is 2.93. The van der Waals surface area contributed by atoms with Crippen LogP contribution in [0.1, 0.15) is 15.9 Å². The molecule has 0 saturated heterocycles. The first kappa shape index (κ1) is 15.2. The monoisotopic (exact) mass is 354 g/mol. The van der Waals surface area contributed by atoms with Gasteiger partial charge in [-0.1, -0.05) is 46.9 Å². The van der Waals surface area contributed by atoms with Crippen LogP contribution in [0.15, 0.2) is 36.4 Å². The normalized spacial score (nSPS) is 12.9. The molecule has 0 fully saturated rings. The zero-order valence-corrected chi connectivity index (χ0v) is 13.4. The second kappa shape index (κ2) is 6.21. The van der Waals surface area contributed by atoms with Crippen LogP contribution in [0, 0.1) is 0 Å². The minimum atomic E-state index is -0.263. The van der Waals surface area contributed by atoms with Crippen molar-refractivity contribution in [1.82, 2.24) is 0 Å². The Morgan fingerprint density at radius 1 is 1.00 bits per heavy atom. The van der Waals surface area contributed by atoms with E-state index >= 15 is 0 Å². The van der Waals surface area contributed by atoms with Gasteiger partial charge in [-0.05, 0) is 35.9 Å². The van der Waals surface area contributed by atoms with Crippen LogP contribution in [0.2, 0.25) is 15.1 Å². The summed E-state index contributed by atoms with van der Waals surface area (Å²) in [6.07, 6.45) is 3.09. The molecule has 3 rings (SSSR count). The molecule has 2 aromatic rings. The summed E-state index contributed by atoms with van der Waals surface area (Å²) in [6, 6.07) is 8.50. The van der Waals surface area contributed by atoms with Gasteiger partial charge in [0.2, 0.25) is 6.79 Å². The lowest BCUT2D eigenvalue weighted by Crippen LogP contribution is -1.96. The van der Waals surface area contributed by atoms with Crippen LogP contribution in [-0.4, -0.2) is 12.6 Å². The minimum Gasteiger partial charge on any atom is -0.454 e. The number of carbonyl (C=O) groups is 1. The van der Waals surface area contributed by atoms with Crippen molar-refractivity contribution in [2.24, 2.45) is 0 Å². The maximum atomic E-state index is 12.2. The van der Waals surface area contributed by atoms with Crippen molar-refractivity contribution in [3.05, 3.63) is 62.6 Å². The number of ketones is 1. The van der Waals surface area contributed by atoms with Crippen LogP contribution >= 0.6 is 34.8 Å². The third-order valence-corrected chi connectivity index (χ3v) is 4.42. The highest BCUT2D eigenvalue weighted by atomic mass is 35.5. The Bertz CT molecular complexity index is 784. The van der Waals surface area contributed by atoms with E-state index in [0.717, 1.165) is 5.56 Å². The number of carbonyl (C=O) groups excluding carboxylic acids is 1. The highest BCUT2D eigenvalue weighted by Crippen LogP contribution is 2.34. The lowest BCUT2D eigenvalue weighted by Gasteiger charge is -2.04. The molecule has 1 aliphatic rings. The summed E-state index contributed by atoms with van der Waals surface area (Å²) < 4.78 is 10.5. The first-order valence-electron chi connectivity index (χ1n) is 6.32. The molecule has 6 heteroatoms. The van der Waals surface area contributed by atoms with Gasteiger partial charge in [0, 0.05) is 5.56 Å². The average Bonchev–Trinajstić information content (AvgIpc) is 2.98. The first-order valence-corrected chi connectivity index (χ1v) is 7.45. The van der Waals surface area contributed by atoms with Crippen molar-refractivity contribution in [2.75, 3.05) is 6.79 Å². The number of ether oxygens (including phenoxy) is 2. The van der Waals surface area contributed by atoms with Crippen LogP contribution in [-0.2, 0) is 0 Å². The molecule has 0 aromatic heterocycles. The number of hydrogen-bond acceptors (Lipinski definition) is 3. The molecule has 2 aromatic carbocycles. The standard InChI is InChI=1S/C16H9Cl3O3/c17-11-4-3-10(15(18)16(11)19)12(20)5-1-9-2-6-13-14(7-9)22-8-21-13/h1-7H,8H2/b5-1+. The molecule has 0 aliphatic carbocycles. The second-order valence-corrected chi connectivity index (χ2v) is 5.70. The summed E-state index contributed by atoms with van der Waals surface area (Å²) in [4.78, 5) is 12.2. The number of benzene rings is 2. The fourth-order valence-corrected chi connectivity index (χ4v) is 2.62. The second-order valence-electron chi connectivity index (χ2n) is 4.53. The van der Waals surface area contributed by atoms with Crippen molar-refractivity contribution < 1.29 is 14.3 Å². The summed E-state index contributed by atoms with van der Waals surface area (Å²) in [5.74, 6) is 1.08. The van der Waals surface area contributed by atoms with E-state index in [-0.39, 0.29) is 22.6 Å².